The number of hydrogen-bond donors (Lipinski definition) is 0. The Morgan fingerprint density at radius 3 is 2.75 bits per heavy atom. The van der Waals surface area contributed by atoms with E-state index < -0.39 is 5.97 Å². The van der Waals surface area contributed by atoms with E-state index in [1.54, 1.807) is 18.2 Å². The van der Waals surface area contributed by atoms with Crippen LogP contribution >= 0.6 is 0 Å². The molecule has 0 aromatic heterocycles. The first-order valence-electron chi connectivity index (χ1n) is 3.37. The second-order valence-corrected chi connectivity index (χ2v) is 2.28. The van der Waals surface area contributed by atoms with Crippen molar-refractivity contribution in [1.29, 1.82) is 5.39 Å². The Labute approximate surface area is 69.1 Å². The van der Waals surface area contributed by atoms with Crippen molar-refractivity contribution in [3.8, 4) is 0 Å². The largest absolute Gasteiger partial charge is 0.550 e. The SMILES string of the molecule is N#[N+]c1ccccc1CC(=O)[O-]. The fourth-order valence-corrected chi connectivity index (χ4v) is 0.913. The molecule has 1 aromatic carbocycles. The third-order valence-corrected chi connectivity index (χ3v) is 1.43. The molecule has 0 heterocycles. The molecule has 0 saturated heterocycles. The molecule has 0 saturated carbocycles. The van der Waals surface area contributed by atoms with Gasteiger partial charge in [0.2, 0.25) is 5.39 Å². The normalized spacial score (nSPS) is 8.92. The zero-order chi connectivity index (χ0) is 8.97. The summed E-state index contributed by atoms with van der Waals surface area (Å²) in [4.78, 5) is 13.1. The summed E-state index contributed by atoms with van der Waals surface area (Å²) in [5.74, 6) is -1.19. The van der Waals surface area contributed by atoms with Crippen LogP contribution in [0.1, 0.15) is 5.56 Å². The van der Waals surface area contributed by atoms with E-state index in [0.717, 1.165) is 0 Å². The zero-order valence-corrected chi connectivity index (χ0v) is 6.23. The first kappa shape index (κ1) is 8.21. The molecule has 0 aliphatic rings. The van der Waals surface area contributed by atoms with E-state index >= 15 is 0 Å². The summed E-state index contributed by atoms with van der Waals surface area (Å²) in [5.41, 5.74) is 0.710. The molecule has 0 aliphatic heterocycles. The highest BCUT2D eigenvalue weighted by molar-refractivity contribution is 5.71. The highest BCUT2D eigenvalue weighted by atomic mass is 16.4. The zero-order valence-electron chi connectivity index (χ0n) is 6.23. The van der Waals surface area contributed by atoms with E-state index in [4.69, 9.17) is 5.39 Å². The summed E-state index contributed by atoms with van der Waals surface area (Å²) >= 11 is 0. The molecule has 0 radical (unpaired) electrons. The molecular weight excluding hydrogens is 156 g/mol. The molecule has 12 heavy (non-hydrogen) atoms. The molecule has 1 aromatic rings. The Balaban J connectivity index is 2.99. The van der Waals surface area contributed by atoms with Gasteiger partial charge in [-0.2, -0.15) is 0 Å². The second-order valence-electron chi connectivity index (χ2n) is 2.28. The van der Waals surface area contributed by atoms with E-state index in [2.05, 4.69) is 4.98 Å². The number of rotatable bonds is 2. The smallest absolute Gasteiger partial charge is 0.388 e. The van der Waals surface area contributed by atoms with Gasteiger partial charge in [0.1, 0.15) is 0 Å². The van der Waals surface area contributed by atoms with Crippen LogP contribution in [0.3, 0.4) is 0 Å². The lowest BCUT2D eigenvalue weighted by Crippen LogP contribution is -2.24. The van der Waals surface area contributed by atoms with E-state index in [1.807, 2.05) is 0 Å². The fraction of sp³-hybridized carbons (Fsp3) is 0.125. The van der Waals surface area contributed by atoms with Crippen molar-refractivity contribution in [2.45, 2.75) is 6.42 Å². The molecule has 60 valence electrons. The third kappa shape index (κ3) is 1.80. The standard InChI is InChI=1S/C8H6N2O2/c9-10-7-4-2-1-3-6(7)5-8(11)12/h1-4H,5H2. The van der Waals surface area contributed by atoms with Crippen LogP contribution < -0.4 is 5.11 Å². The van der Waals surface area contributed by atoms with Gasteiger partial charge in [-0.25, -0.2) is 0 Å². The van der Waals surface area contributed by atoms with Gasteiger partial charge in [0.25, 0.3) is 0 Å². The Morgan fingerprint density at radius 2 is 2.17 bits per heavy atom. The minimum Gasteiger partial charge on any atom is -0.550 e. The highest BCUT2D eigenvalue weighted by Gasteiger charge is 2.10. The molecular formula is C8H6N2O2. The van der Waals surface area contributed by atoms with Crippen LogP contribution in [0.5, 0.6) is 0 Å². The first-order chi connectivity index (χ1) is 5.74. The number of carboxylic acids is 1. The number of benzene rings is 1. The second kappa shape index (κ2) is 3.49. The number of nitrogens with zero attached hydrogens (tertiary/aromatic N) is 2. The van der Waals surface area contributed by atoms with Gasteiger partial charge in [0.15, 0.2) is 4.98 Å². The molecule has 4 nitrogen and oxygen atoms in total. The molecule has 0 aliphatic carbocycles. The van der Waals surface area contributed by atoms with Crippen molar-refractivity contribution in [1.82, 2.24) is 0 Å². The number of hydrogen-bond acceptors (Lipinski definition) is 3. The van der Waals surface area contributed by atoms with Gasteiger partial charge >= 0.3 is 5.69 Å². The van der Waals surface area contributed by atoms with Gasteiger partial charge < -0.3 is 9.90 Å². The highest BCUT2D eigenvalue weighted by Crippen LogP contribution is 2.18. The van der Waals surface area contributed by atoms with E-state index in [-0.39, 0.29) is 12.1 Å². The number of carbonyl (C=O) groups excluding carboxylic acids is 1. The Hall–Kier alpha value is -1.89. The minimum atomic E-state index is -1.19. The molecule has 4 heteroatoms. The quantitative estimate of drug-likeness (QED) is 0.593. The lowest BCUT2D eigenvalue weighted by molar-refractivity contribution is -0.304. The Kier molecular flexibility index (Phi) is 2.38. The van der Waals surface area contributed by atoms with Crippen LogP contribution in [-0.2, 0) is 11.2 Å². The number of carboxylic acid groups (broad SMARTS) is 1. The van der Waals surface area contributed by atoms with Crippen molar-refractivity contribution in [3.05, 3.63) is 34.8 Å². The average Bonchev–Trinajstić information content (AvgIpc) is 2.04. The lowest BCUT2D eigenvalue weighted by Gasteiger charge is -1.97. The third-order valence-electron chi connectivity index (χ3n) is 1.43. The molecule has 0 bridgehead atoms. The Bertz CT molecular complexity index is 341. The summed E-state index contributed by atoms with van der Waals surface area (Å²) in [6.07, 6.45) is -0.236. The molecule has 1 rings (SSSR count). The van der Waals surface area contributed by atoms with Crippen molar-refractivity contribution < 1.29 is 9.90 Å². The minimum absolute atomic E-state index is 0.236. The number of aliphatic carboxylic acids is 1. The predicted octanol–water partition coefficient (Wildman–Crippen LogP) is 0.464. The summed E-state index contributed by atoms with van der Waals surface area (Å²) in [7, 11) is 0. The molecule has 0 spiro atoms. The van der Waals surface area contributed by atoms with Crippen LogP contribution in [0, 0.1) is 5.39 Å². The molecule has 0 atom stereocenters. The summed E-state index contributed by atoms with van der Waals surface area (Å²) in [6.45, 7) is 0. The van der Waals surface area contributed by atoms with Gasteiger partial charge in [-0.15, -0.1) is 0 Å². The van der Waals surface area contributed by atoms with Crippen LogP contribution in [-0.4, -0.2) is 5.97 Å². The van der Waals surface area contributed by atoms with Gasteiger partial charge in [-0.1, -0.05) is 18.2 Å². The molecule has 0 N–H and O–H groups in total. The van der Waals surface area contributed by atoms with Crippen LogP contribution in [0.2, 0.25) is 0 Å². The van der Waals surface area contributed by atoms with E-state index in [0.29, 0.717) is 5.56 Å². The van der Waals surface area contributed by atoms with Gasteiger partial charge in [0, 0.05) is 18.5 Å². The van der Waals surface area contributed by atoms with Crippen LogP contribution in [0.15, 0.2) is 24.3 Å². The molecule has 0 amide bonds. The first-order valence-corrected chi connectivity index (χ1v) is 3.37. The predicted molar refractivity (Wildman–Crippen MR) is 39.9 cm³/mol. The molecule has 0 fully saturated rings. The average molecular weight is 162 g/mol. The fourth-order valence-electron chi connectivity index (χ4n) is 0.913. The van der Waals surface area contributed by atoms with Crippen LogP contribution in [0.4, 0.5) is 5.69 Å². The van der Waals surface area contributed by atoms with Crippen LogP contribution in [0.25, 0.3) is 4.98 Å². The van der Waals surface area contributed by atoms with Crippen molar-refractivity contribution in [2.75, 3.05) is 0 Å². The van der Waals surface area contributed by atoms with Gasteiger partial charge in [-0.3, -0.25) is 0 Å². The number of carbonyl (C=O) groups is 1. The van der Waals surface area contributed by atoms with E-state index in [9.17, 15) is 9.90 Å². The monoisotopic (exact) mass is 162 g/mol. The van der Waals surface area contributed by atoms with Gasteiger partial charge in [-0.05, 0) is 0 Å². The topological polar surface area (TPSA) is 68.3 Å². The maximum Gasteiger partial charge on any atom is 0.388 e. The van der Waals surface area contributed by atoms with E-state index in [1.165, 1.54) is 6.07 Å². The number of diazo groups is 1. The maximum atomic E-state index is 10.2. The van der Waals surface area contributed by atoms with Gasteiger partial charge in [0.05, 0.1) is 5.56 Å². The summed E-state index contributed by atoms with van der Waals surface area (Å²) in [6, 6.07) is 6.43. The Morgan fingerprint density at radius 1 is 1.50 bits per heavy atom. The van der Waals surface area contributed by atoms with Crippen molar-refractivity contribution in [2.24, 2.45) is 0 Å². The summed E-state index contributed by atoms with van der Waals surface area (Å²) < 4.78 is 0. The summed E-state index contributed by atoms with van der Waals surface area (Å²) in [5, 5.41) is 18.6. The lowest BCUT2D eigenvalue weighted by atomic mass is 10.1. The van der Waals surface area contributed by atoms with Crippen molar-refractivity contribution in [3.63, 3.8) is 0 Å². The molecule has 0 unspecified atom stereocenters. The van der Waals surface area contributed by atoms with Crippen molar-refractivity contribution >= 4 is 11.7 Å². The maximum absolute atomic E-state index is 10.2.